The molecule has 0 bridgehead atoms. The Morgan fingerprint density at radius 1 is 0.902 bits per heavy atom. The topological polar surface area (TPSA) is 105 Å². The number of benzene rings is 3. The summed E-state index contributed by atoms with van der Waals surface area (Å²) in [5, 5.41) is 6.90. The van der Waals surface area contributed by atoms with Crippen LogP contribution in [-0.4, -0.2) is 75.5 Å². The van der Waals surface area contributed by atoms with Crippen molar-refractivity contribution in [1.29, 1.82) is 0 Å². The number of epoxide rings is 2. The maximum absolute atomic E-state index is 13.0. The molecule has 9 nitrogen and oxygen atoms in total. The second-order valence-corrected chi connectivity index (χ2v) is 10.6. The van der Waals surface area contributed by atoms with Gasteiger partial charge in [-0.2, -0.15) is 0 Å². The second kappa shape index (κ2) is 14.0. The van der Waals surface area contributed by atoms with Gasteiger partial charge < -0.3 is 34.5 Å². The van der Waals surface area contributed by atoms with Gasteiger partial charge in [-0.1, -0.05) is 34.1 Å². The van der Waals surface area contributed by atoms with Crippen LogP contribution in [0.2, 0.25) is 0 Å². The van der Waals surface area contributed by atoms with Crippen LogP contribution in [0.3, 0.4) is 0 Å². The highest BCUT2D eigenvalue weighted by Gasteiger charge is 2.23. The van der Waals surface area contributed by atoms with E-state index >= 15 is 0 Å². The van der Waals surface area contributed by atoms with Crippen LogP contribution in [0.4, 0.5) is 17.1 Å². The number of ether oxygens (including phenoxy) is 4. The molecule has 3 aliphatic rings. The van der Waals surface area contributed by atoms with Crippen molar-refractivity contribution in [3.8, 4) is 5.75 Å². The summed E-state index contributed by atoms with van der Waals surface area (Å²) in [6.07, 6.45) is 0.694. The summed E-state index contributed by atoms with van der Waals surface area (Å²) >= 11 is 3.25. The Labute approximate surface area is 248 Å². The van der Waals surface area contributed by atoms with E-state index in [9.17, 15) is 9.59 Å². The van der Waals surface area contributed by atoms with Gasteiger partial charge in [0.1, 0.15) is 18.5 Å². The van der Waals surface area contributed by atoms with Gasteiger partial charge >= 0.3 is 0 Å². The number of nitrogens with zero attached hydrogens (tertiary/aromatic N) is 1. The first-order valence-corrected chi connectivity index (χ1v) is 14.8. The predicted molar refractivity (Wildman–Crippen MR) is 162 cm³/mol. The maximum Gasteiger partial charge on any atom is 0.255 e. The van der Waals surface area contributed by atoms with Gasteiger partial charge in [-0.15, -0.1) is 0 Å². The van der Waals surface area contributed by atoms with E-state index in [-0.39, 0.29) is 17.9 Å². The first kappa shape index (κ1) is 29.1. The van der Waals surface area contributed by atoms with E-state index in [0.29, 0.717) is 60.8 Å². The van der Waals surface area contributed by atoms with Crippen LogP contribution < -0.4 is 20.3 Å². The number of hydrogen-bond donors (Lipinski definition) is 2. The Balaban J connectivity index is 0.000000610. The zero-order chi connectivity index (χ0) is 28.6. The summed E-state index contributed by atoms with van der Waals surface area (Å²) in [5.74, 6) is 0.152. The van der Waals surface area contributed by atoms with E-state index in [0.717, 1.165) is 36.3 Å². The minimum Gasteiger partial charge on any atom is -0.491 e. The minimum atomic E-state index is -0.257. The van der Waals surface area contributed by atoms with E-state index in [2.05, 4.69) is 31.5 Å². The average Bonchev–Trinajstić information content (AvgIpc) is 3.94. The molecule has 3 heterocycles. The molecule has 216 valence electrons. The van der Waals surface area contributed by atoms with Crippen LogP contribution >= 0.6 is 15.9 Å². The summed E-state index contributed by atoms with van der Waals surface area (Å²) in [4.78, 5) is 28.1. The molecule has 0 radical (unpaired) electrons. The molecular formula is C31H34BrN3O6. The smallest absolute Gasteiger partial charge is 0.255 e. The predicted octanol–water partition coefficient (Wildman–Crippen LogP) is 4.89. The lowest BCUT2D eigenvalue weighted by atomic mass is 10.1. The van der Waals surface area contributed by atoms with Gasteiger partial charge in [0.15, 0.2) is 0 Å². The number of halogens is 1. The largest absolute Gasteiger partial charge is 0.491 e. The zero-order valence-electron chi connectivity index (χ0n) is 22.9. The standard InChI is InChI=1S/C28H29N3O5.C3H5BrO/c1-19-8-9-22(29-27(32)20-4-2-6-23(14-20)31-10-12-34-13-11-31)16-26(19)30-28(33)21-5-3-7-24(15-21)35-17-25-18-36-25;4-1-3-2-5-3/h2-9,14-16,25H,10-13,17-18H2,1H3,(H,29,32)(H,30,33);3H,1-2H2. The first-order valence-electron chi connectivity index (χ1n) is 13.7. The summed E-state index contributed by atoms with van der Waals surface area (Å²) in [7, 11) is 0. The van der Waals surface area contributed by atoms with Crippen LogP contribution in [0.5, 0.6) is 5.75 Å². The Morgan fingerprint density at radius 3 is 2.27 bits per heavy atom. The van der Waals surface area contributed by atoms with Crippen LogP contribution in [-0.2, 0) is 14.2 Å². The summed E-state index contributed by atoms with van der Waals surface area (Å²) in [6, 6.07) is 20.1. The van der Waals surface area contributed by atoms with Crippen molar-refractivity contribution in [3.05, 3.63) is 83.4 Å². The fraction of sp³-hybridized carbons (Fsp3) is 0.355. The lowest BCUT2D eigenvalue weighted by Gasteiger charge is -2.29. The highest BCUT2D eigenvalue weighted by Crippen LogP contribution is 2.24. The van der Waals surface area contributed by atoms with Crippen LogP contribution in [0, 0.1) is 6.92 Å². The molecule has 6 rings (SSSR count). The third-order valence-corrected chi connectivity index (χ3v) is 7.46. The molecule has 3 saturated heterocycles. The number of carbonyl (C=O) groups excluding carboxylic acids is 2. The average molecular weight is 625 g/mol. The summed E-state index contributed by atoms with van der Waals surface area (Å²) in [5.41, 5.74) is 4.15. The van der Waals surface area contributed by atoms with Crippen molar-refractivity contribution in [2.45, 2.75) is 19.1 Å². The number of anilines is 3. The summed E-state index contributed by atoms with van der Waals surface area (Å²) in [6.45, 7) is 7.02. The third kappa shape index (κ3) is 8.77. The van der Waals surface area contributed by atoms with Gasteiger partial charge in [0.2, 0.25) is 0 Å². The number of morpholine rings is 1. The van der Waals surface area contributed by atoms with Crippen molar-refractivity contribution in [3.63, 3.8) is 0 Å². The molecule has 2 N–H and O–H groups in total. The highest BCUT2D eigenvalue weighted by atomic mass is 79.9. The van der Waals surface area contributed by atoms with E-state index in [1.165, 1.54) is 0 Å². The molecule has 0 spiro atoms. The van der Waals surface area contributed by atoms with E-state index in [1.807, 2.05) is 43.3 Å². The molecule has 2 unspecified atom stereocenters. The first-order chi connectivity index (χ1) is 20.0. The van der Waals surface area contributed by atoms with E-state index in [4.69, 9.17) is 18.9 Å². The molecular weight excluding hydrogens is 590 g/mol. The van der Waals surface area contributed by atoms with Gasteiger partial charge in [-0.3, -0.25) is 9.59 Å². The van der Waals surface area contributed by atoms with Gasteiger partial charge in [0.25, 0.3) is 11.8 Å². The molecule has 0 saturated carbocycles. The van der Waals surface area contributed by atoms with Crippen molar-refractivity contribution in [1.82, 2.24) is 0 Å². The van der Waals surface area contributed by atoms with Crippen LogP contribution in [0.25, 0.3) is 0 Å². The highest BCUT2D eigenvalue weighted by molar-refractivity contribution is 9.09. The summed E-state index contributed by atoms with van der Waals surface area (Å²) < 4.78 is 21.1. The molecule has 2 atom stereocenters. The Bertz CT molecular complexity index is 1360. The number of carbonyl (C=O) groups is 2. The number of hydrogen-bond acceptors (Lipinski definition) is 7. The van der Waals surface area contributed by atoms with Gasteiger partial charge in [0, 0.05) is 46.6 Å². The fourth-order valence-electron chi connectivity index (χ4n) is 4.14. The second-order valence-electron chi connectivity index (χ2n) is 9.99. The number of amides is 2. The van der Waals surface area contributed by atoms with E-state index in [1.54, 1.807) is 30.3 Å². The normalized spacial score (nSPS) is 18.9. The molecule has 3 fully saturated rings. The number of rotatable bonds is 9. The number of nitrogens with one attached hydrogen (secondary N) is 2. The third-order valence-electron chi connectivity index (χ3n) is 6.74. The van der Waals surface area contributed by atoms with Gasteiger partial charge in [-0.05, 0) is 61.0 Å². The zero-order valence-corrected chi connectivity index (χ0v) is 24.5. The Hall–Kier alpha value is -3.44. The van der Waals surface area contributed by atoms with Crippen molar-refractivity contribution >= 4 is 44.8 Å². The van der Waals surface area contributed by atoms with Crippen molar-refractivity contribution < 1.29 is 28.5 Å². The van der Waals surface area contributed by atoms with Crippen LogP contribution in [0.1, 0.15) is 26.3 Å². The minimum absolute atomic E-state index is 0.143. The van der Waals surface area contributed by atoms with Crippen molar-refractivity contribution in [2.75, 3.05) is 67.0 Å². The lowest BCUT2D eigenvalue weighted by Crippen LogP contribution is -2.36. The molecule has 3 aliphatic heterocycles. The Kier molecular flexibility index (Phi) is 9.89. The van der Waals surface area contributed by atoms with Crippen molar-refractivity contribution in [2.24, 2.45) is 0 Å². The molecule has 3 aromatic carbocycles. The monoisotopic (exact) mass is 623 g/mol. The molecule has 3 aromatic rings. The number of aryl methyl sites for hydroxylation is 1. The number of alkyl halides is 1. The SMILES string of the molecule is BrCC1CO1.Cc1ccc(NC(=O)c2cccc(N3CCOCC3)c2)cc1NC(=O)c1cccc(OCC2CO2)c1. The van der Waals surface area contributed by atoms with Gasteiger partial charge in [-0.25, -0.2) is 0 Å². The molecule has 2 amide bonds. The van der Waals surface area contributed by atoms with Crippen LogP contribution in [0.15, 0.2) is 66.7 Å². The fourth-order valence-corrected chi connectivity index (χ4v) is 4.51. The maximum atomic E-state index is 13.0. The van der Waals surface area contributed by atoms with Gasteiger partial charge in [0.05, 0.1) is 32.5 Å². The molecule has 0 aliphatic carbocycles. The quantitative estimate of drug-likeness (QED) is 0.258. The molecule has 10 heteroatoms. The molecule has 0 aromatic heterocycles. The Morgan fingerprint density at radius 2 is 1.59 bits per heavy atom. The molecule has 41 heavy (non-hydrogen) atoms. The van der Waals surface area contributed by atoms with E-state index < -0.39 is 0 Å². The lowest BCUT2D eigenvalue weighted by molar-refractivity contribution is 0.101.